The second-order valence-corrected chi connectivity index (χ2v) is 5.71. The van der Waals surface area contributed by atoms with Crippen LogP contribution in [0.1, 0.15) is 38.8 Å². The number of nitrogens with two attached hydrogens (primary N) is 1. The Labute approximate surface area is 120 Å². The summed E-state index contributed by atoms with van der Waals surface area (Å²) in [6, 6.07) is 7.15. The number of nitrogens with zero attached hydrogens (tertiary/aromatic N) is 2. The summed E-state index contributed by atoms with van der Waals surface area (Å²) in [4.78, 5) is 12.6. The van der Waals surface area contributed by atoms with Gasteiger partial charge in [0.15, 0.2) is 0 Å². The Morgan fingerprint density at radius 1 is 1.35 bits per heavy atom. The molecule has 2 N–H and O–H groups in total. The first-order valence-corrected chi connectivity index (χ1v) is 7.03. The highest BCUT2D eigenvalue weighted by Gasteiger charge is 2.16. The maximum Gasteiger partial charge on any atom is 0.269 e. The number of rotatable bonds is 7. The zero-order chi connectivity index (χ0) is 15.3. The molecule has 2 unspecified atom stereocenters. The van der Waals surface area contributed by atoms with Crippen LogP contribution in [-0.4, -0.2) is 29.5 Å². The third kappa shape index (κ3) is 4.58. The molecule has 0 aromatic heterocycles. The largest absolute Gasteiger partial charge is 0.327 e. The van der Waals surface area contributed by atoms with E-state index in [4.69, 9.17) is 5.73 Å². The van der Waals surface area contributed by atoms with E-state index in [0.717, 1.165) is 18.5 Å². The van der Waals surface area contributed by atoms with Gasteiger partial charge in [0.2, 0.25) is 0 Å². The van der Waals surface area contributed by atoms with Gasteiger partial charge in [-0.2, -0.15) is 0 Å². The molecule has 0 aliphatic carbocycles. The molecule has 0 amide bonds. The highest BCUT2D eigenvalue weighted by molar-refractivity contribution is 5.35. The number of hydrogen-bond donors (Lipinski definition) is 1. The molecule has 0 aliphatic rings. The van der Waals surface area contributed by atoms with E-state index in [1.807, 2.05) is 13.1 Å². The zero-order valence-electron chi connectivity index (χ0n) is 12.7. The summed E-state index contributed by atoms with van der Waals surface area (Å²) in [7, 11) is 2.02. The highest BCUT2D eigenvalue weighted by Crippen LogP contribution is 2.23. The van der Waals surface area contributed by atoms with Gasteiger partial charge in [0, 0.05) is 24.2 Å². The quantitative estimate of drug-likeness (QED) is 0.615. The van der Waals surface area contributed by atoms with Gasteiger partial charge in [-0.25, -0.2) is 0 Å². The van der Waals surface area contributed by atoms with Crippen LogP contribution in [0.5, 0.6) is 0 Å². The van der Waals surface area contributed by atoms with Crippen molar-refractivity contribution >= 4 is 5.69 Å². The van der Waals surface area contributed by atoms with E-state index < -0.39 is 0 Å². The molecule has 0 spiro atoms. The Morgan fingerprint density at radius 3 is 2.55 bits per heavy atom. The molecule has 1 aromatic rings. The lowest BCUT2D eigenvalue weighted by Gasteiger charge is -2.27. The summed E-state index contributed by atoms with van der Waals surface area (Å²) in [6.45, 7) is 7.17. The van der Waals surface area contributed by atoms with E-state index in [-0.39, 0.29) is 22.7 Å². The summed E-state index contributed by atoms with van der Waals surface area (Å²) < 4.78 is 0. The topological polar surface area (TPSA) is 72.4 Å². The first kappa shape index (κ1) is 16.6. The minimum absolute atomic E-state index is 0.134. The molecule has 0 saturated carbocycles. The summed E-state index contributed by atoms with van der Waals surface area (Å²) in [5, 5.41) is 10.8. The molecule has 20 heavy (non-hydrogen) atoms. The lowest BCUT2D eigenvalue weighted by Crippen LogP contribution is -2.32. The standard InChI is InChI=1S/C15H25N3O2/c1-11(2)15(16)8-9-17(4)12(3)13-6-5-7-14(10-13)18(19)20/h5-7,10-12,15H,8-9,16H2,1-4H3. The van der Waals surface area contributed by atoms with Crippen LogP contribution in [0.3, 0.4) is 0 Å². The predicted octanol–water partition coefficient (Wildman–Crippen LogP) is 2.96. The maximum absolute atomic E-state index is 10.8. The highest BCUT2D eigenvalue weighted by atomic mass is 16.6. The summed E-state index contributed by atoms with van der Waals surface area (Å²) >= 11 is 0. The predicted molar refractivity (Wildman–Crippen MR) is 81.6 cm³/mol. The van der Waals surface area contributed by atoms with Crippen LogP contribution in [0, 0.1) is 16.0 Å². The minimum atomic E-state index is -0.356. The third-order valence-electron chi connectivity index (χ3n) is 3.90. The van der Waals surface area contributed by atoms with Gasteiger partial charge in [-0.1, -0.05) is 26.0 Å². The van der Waals surface area contributed by atoms with Crippen molar-refractivity contribution in [2.75, 3.05) is 13.6 Å². The fourth-order valence-corrected chi connectivity index (χ4v) is 2.03. The second-order valence-electron chi connectivity index (χ2n) is 5.71. The molecule has 2 atom stereocenters. The van der Waals surface area contributed by atoms with Crippen molar-refractivity contribution in [1.29, 1.82) is 0 Å². The Hall–Kier alpha value is -1.46. The molecule has 5 heteroatoms. The number of non-ortho nitro benzene ring substituents is 1. The Balaban J connectivity index is 2.66. The third-order valence-corrected chi connectivity index (χ3v) is 3.90. The zero-order valence-corrected chi connectivity index (χ0v) is 12.7. The fraction of sp³-hybridized carbons (Fsp3) is 0.600. The van der Waals surface area contributed by atoms with Crippen molar-refractivity contribution in [3.05, 3.63) is 39.9 Å². The van der Waals surface area contributed by atoms with Crippen molar-refractivity contribution in [1.82, 2.24) is 4.90 Å². The lowest BCUT2D eigenvalue weighted by molar-refractivity contribution is -0.384. The smallest absolute Gasteiger partial charge is 0.269 e. The number of nitro groups is 1. The van der Waals surface area contributed by atoms with Gasteiger partial charge in [0.1, 0.15) is 0 Å². The van der Waals surface area contributed by atoms with E-state index in [1.54, 1.807) is 12.1 Å². The van der Waals surface area contributed by atoms with Crippen molar-refractivity contribution in [3.8, 4) is 0 Å². The average Bonchev–Trinajstić information content (AvgIpc) is 2.43. The van der Waals surface area contributed by atoms with E-state index >= 15 is 0 Å². The van der Waals surface area contributed by atoms with Crippen LogP contribution in [0.2, 0.25) is 0 Å². The molecule has 0 heterocycles. The summed E-state index contributed by atoms with van der Waals surface area (Å²) in [5.74, 6) is 0.469. The van der Waals surface area contributed by atoms with Crippen LogP contribution in [0.25, 0.3) is 0 Å². The molecular weight excluding hydrogens is 254 g/mol. The Kier molecular flexibility index (Phi) is 6.10. The average molecular weight is 279 g/mol. The van der Waals surface area contributed by atoms with Crippen LogP contribution >= 0.6 is 0 Å². The van der Waals surface area contributed by atoms with Gasteiger partial charge in [-0.15, -0.1) is 0 Å². The molecule has 1 aromatic carbocycles. The van der Waals surface area contributed by atoms with Crippen LogP contribution in [-0.2, 0) is 0 Å². The number of benzene rings is 1. The molecular formula is C15H25N3O2. The maximum atomic E-state index is 10.8. The number of hydrogen-bond acceptors (Lipinski definition) is 4. The Morgan fingerprint density at radius 2 is 2.00 bits per heavy atom. The molecule has 0 fully saturated rings. The molecule has 0 radical (unpaired) electrons. The molecule has 5 nitrogen and oxygen atoms in total. The molecule has 112 valence electrons. The first-order chi connectivity index (χ1) is 9.32. The van der Waals surface area contributed by atoms with Gasteiger partial charge < -0.3 is 5.73 Å². The second kappa shape index (κ2) is 7.36. The summed E-state index contributed by atoms with van der Waals surface area (Å²) in [6.07, 6.45) is 0.924. The van der Waals surface area contributed by atoms with Gasteiger partial charge >= 0.3 is 0 Å². The molecule has 0 aliphatic heterocycles. The van der Waals surface area contributed by atoms with Gasteiger partial charge in [0.05, 0.1) is 4.92 Å². The number of nitro benzene ring substituents is 1. The van der Waals surface area contributed by atoms with Crippen LogP contribution in [0.4, 0.5) is 5.69 Å². The molecule has 1 rings (SSSR count). The van der Waals surface area contributed by atoms with Crippen LogP contribution in [0.15, 0.2) is 24.3 Å². The molecule has 0 saturated heterocycles. The van der Waals surface area contributed by atoms with Crippen molar-refractivity contribution in [2.45, 2.75) is 39.3 Å². The van der Waals surface area contributed by atoms with Gasteiger partial charge in [0.25, 0.3) is 5.69 Å². The Bertz CT molecular complexity index is 448. The molecule has 0 bridgehead atoms. The van der Waals surface area contributed by atoms with E-state index in [1.165, 1.54) is 6.07 Å². The van der Waals surface area contributed by atoms with Crippen molar-refractivity contribution in [2.24, 2.45) is 11.7 Å². The minimum Gasteiger partial charge on any atom is -0.327 e. The SMILES string of the molecule is CC(C)C(N)CCN(C)C(C)c1cccc([N+](=O)[O-])c1. The normalized spacial score (nSPS) is 14.6. The van der Waals surface area contributed by atoms with Crippen LogP contribution < -0.4 is 5.73 Å². The summed E-state index contributed by atoms with van der Waals surface area (Å²) in [5.41, 5.74) is 7.15. The lowest BCUT2D eigenvalue weighted by atomic mass is 10.0. The van der Waals surface area contributed by atoms with Crippen molar-refractivity contribution in [3.63, 3.8) is 0 Å². The van der Waals surface area contributed by atoms with Crippen molar-refractivity contribution < 1.29 is 4.92 Å². The fourth-order valence-electron chi connectivity index (χ4n) is 2.03. The first-order valence-electron chi connectivity index (χ1n) is 7.03. The monoisotopic (exact) mass is 279 g/mol. The van der Waals surface area contributed by atoms with E-state index in [9.17, 15) is 10.1 Å². The van der Waals surface area contributed by atoms with E-state index in [2.05, 4.69) is 25.7 Å². The van der Waals surface area contributed by atoms with Gasteiger partial charge in [-0.3, -0.25) is 15.0 Å². The van der Waals surface area contributed by atoms with E-state index in [0.29, 0.717) is 5.92 Å². The van der Waals surface area contributed by atoms with Gasteiger partial charge in [-0.05, 0) is 38.4 Å².